The van der Waals surface area contributed by atoms with Gasteiger partial charge in [-0.1, -0.05) is 18.2 Å². The van der Waals surface area contributed by atoms with E-state index in [1.807, 2.05) is 0 Å². The first-order valence-electron chi connectivity index (χ1n) is 5.85. The number of primary amides is 1. The molecule has 0 atom stereocenters. The average Bonchev–Trinajstić information content (AvgIpc) is 2.47. The van der Waals surface area contributed by atoms with Crippen LogP contribution in [-0.2, 0) is 11.3 Å². The maximum atomic E-state index is 11.6. The summed E-state index contributed by atoms with van der Waals surface area (Å²) in [5.41, 5.74) is 11.6. The fourth-order valence-electron chi connectivity index (χ4n) is 1.66. The number of amides is 1. The van der Waals surface area contributed by atoms with E-state index >= 15 is 0 Å². The van der Waals surface area contributed by atoms with Crippen molar-refractivity contribution in [1.82, 2.24) is 9.97 Å². The first kappa shape index (κ1) is 14.4. The molecule has 0 unspecified atom stereocenters. The van der Waals surface area contributed by atoms with Gasteiger partial charge in [0.15, 0.2) is 11.5 Å². The molecule has 1 aromatic heterocycles. The Morgan fingerprint density at radius 2 is 2.10 bits per heavy atom. The number of carbonyl (C=O) groups excluding carboxylic acids is 2. The Balaban J connectivity index is 2.42. The Labute approximate surface area is 119 Å². The lowest BCUT2D eigenvalue weighted by atomic mass is 10.1. The van der Waals surface area contributed by atoms with Gasteiger partial charge in [-0.3, -0.25) is 0 Å². The molecule has 0 aliphatic heterocycles. The predicted octanol–water partition coefficient (Wildman–Crippen LogP) is 0.454. The maximum Gasteiger partial charge on any atom is 0.412 e. The molecule has 0 spiro atoms. The van der Waals surface area contributed by atoms with Gasteiger partial charge in [-0.15, -0.1) is 0 Å². The summed E-state index contributed by atoms with van der Waals surface area (Å²) in [5, 5.41) is 9.11. The van der Waals surface area contributed by atoms with E-state index in [1.54, 1.807) is 24.3 Å². The minimum absolute atomic E-state index is 0.132. The zero-order valence-electron chi connectivity index (χ0n) is 10.8. The van der Waals surface area contributed by atoms with E-state index in [1.165, 1.54) is 6.20 Å². The molecule has 8 heteroatoms. The van der Waals surface area contributed by atoms with E-state index in [9.17, 15) is 9.59 Å². The van der Waals surface area contributed by atoms with Crippen molar-refractivity contribution in [3.05, 3.63) is 41.7 Å². The molecule has 2 aromatic rings. The lowest BCUT2D eigenvalue weighted by Crippen LogP contribution is -2.20. The summed E-state index contributed by atoms with van der Waals surface area (Å²) in [4.78, 5) is 30.1. The van der Waals surface area contributed by atoms with Gasteiger partial charge in [0.25, 0.3) is 0 Å². The van der Waals surface area contributed by atoms with Crippen LogP contribution < -0.4 is 11.5 Å². The molecule has 1 heterocycles. The summed E-state index contributed by atoms with van der Waals surface area (Å²) >= 11 is 0. The van der Waals surface area contributed by atoms with E-state index < -0.39 is 12.1 Å². The second-order valence-electron chi connectivity index (χ2n) is 4.06. The Morgan fingerprint density at radius 1 is 1.33 bits per heavy atom. The number of nitrogens with zero attached hydrogens (tertiary/aromatic N) is 2. The molecule has 1 amide bonds. The fourth-order valence-corrected chi connectivity index (χ4v) is 1.66. The zero-order chi connectivity index (χ0) is 15.4. The Hall–Kier alpha value is -3.00. The largest absolute Gasteiger partial charge is 0.412 e. The molecule has 0 bridgehead atoms. The van der Waals surface area contributed by atoms with Crippen molar-refractivity contribution in [2.75, 3.05) is 5.73 Å². The number of hydrogen-bond acceptors (Lipinski definition) is 7. The van der Waals surface area contributed by atoms with E-state index in [2.05, 4.69) is 14.7 Å². The van der Waals surface area contributed by atoms with Crippen LogP contribution in [0.4, 0.5) is 10.6 Å². The first-order chi connectivity index (χ1) is 10.0. The summed E-state index contributed by atoms with van der Waals surface area (Å²) < 4.78 is 4.23. The SMILES string of the molecule is NC(=O)OC(=O)c1nc(-c2cccc(CO)c2)cnc1N. The van der Waals surface area contributed by atoms with E-state index in [0.29, 0.717) is 16.8 Å². The number of rotatable bonds is 3. The number of anilines is 1. The topological polar surface area (TPSA) is 141 Å². The van der Waals surface area contributed by atoms with Crippen LogP contribution in [0.3, 0.4) is 0 Å². The van der Waals surface area contributed by atoms with Crippen LogP contribution in [-0.4, -0.2) is 27.1 Å². The summed E-state index contributed by atoms with van der Waals surface area (Å²) in [6.07, 6.45) is 0.112. The third kappa shape index (κ3) is 3.31. The number of aromatic nitrogens is 2. The molecule has 108 valence electrons. The van der Waals surface area contributed by atoms with Crippen molar-refractivity contribution in [1.29, 1.82) is 0 Å². The van der Waals surface area contributed by atoms with Gasteiger partial charge in [-0.2, -0.15) is 0 Å². The highest BCUT2D eigenvalue weighted by atomic mass is 16.6. The Kier molecular flexibility index (Phi) is 4.10. The third-order valence-corrected chi connectivity index (χ3v) is 2.59. The summed E-state index contributed by atoms with van der Waals surface area (Å²) in [6.45, 7) is -0.132. The van der Waals surface area contributed by atoms with Crippen molar-refractivity contribution >= 4 is 17.9 Å². The molecule has 0 saturated heterocycles. The molecule has 5 N–H and O–H groups in total. The second-order valence-corrected chi connectivity index (χ2v) is 4.06. The van der Waals surface area contributed by atoms with Crippen LogP contribution >= 0.6 is 0 Å². The van der Waals surface area contributed by atoms with Crippen LogP contribution in [0.15, 0.2) is 30.5 Å². The number of nitrogen functional groups attached to an aromatic ring is 1. The molecule has 0 aliphatic rings. The van der Waals surface area contributed by atoms with E-state index in [0.717, 1.165) is 0 Å². The summed E-state index contributed by atoms with van der Waals surface area (Å²) in [7, 11) is 0. The molecule has 8 nitrogen and oxygen atoms in total. The molecule has 1 aromatic carbocycles. The van der Waals surface area contributed by atoms with Gasteiger partial charge in [-0.25, -0.2) is 19.6 Å². The third-order valence-electron chi connectivity index (χ3n) is 2.59. The molecular weight excluding hydrogens is 276 g/mol. The van der Waals surface area contributed by atoms with Crippen molar-refractivity contribution in [3.63, 3.8) is 0 Å². The van der Waals surface area contributed by atoms with Crippen LogP contribution in [0.5, 0.6) is 0 Å². The van der Waals surface area contributed by atoms with E-state index in [-0.39, 0.29) is 18.1 Å². The first-order valence-corrected chi connectivity index (χ1v) is 5.85. The highest BCUT2D eigenvalue weighted by Gasteiger charge is 2.18. The van der Waals surface area contributed by atoms with Gasteiger partial charge < -0.3 is 21.3 Å². The second kappa shape index (κ2) is 5.97. The molecule has 0 saturated carbocycles. The molecule has 0 aliphatic carbocycles. The minimum atomic E-state index is -1.26. The molecule has 2 rings (SSSR count). The lowest BCUT2D eigenvalue weighted by Gasteiger charge is -2.06. The molecule has 21 heavy (non-hydrogen) atoms. The number of hydrogen-bond donors (Lipinski definition) is 3. The smallest absolute Gasteiger partial charge is 0.392 e. The average molecular weight is 288 g/mol. The number of esters is 1. The van der Waals surface area contributed by atoms with Gasteiger partial charge in [0.2, 0.25) is 0 Å². The Morgan fingerprint density at radius 3 is 2.76 bits per heavy atom. The van der Waals surface area contributed by atoms with Crippen LogP contribution in [0, 0.1) is 0 Å². The van der Waals surface area contributed by atoms with E-state index in [4.69, 9.17) is 16.6 Å². The number of benzene rings is 1. The molecule has 0 fully saturated rings. The zero-order valence-corrected chi connectivity index (χ0v) is 10.8. The fraction of sp³-hybridized carbons (Fsp3) is 0.0769. The van der Waals surface area contributed by atoms with Crippen molar-refractivity contribution < 1.29 is 19.4 Å². The van der Waals surface area contributed by atoms with Crippen molar-refractivity contribution in [3.8, 4) is 11.3 Å². The number of nitrogens with two attached hydrogens (primary N) is 2. The number of aliphatic hydroxyl groups excluding tert-OH is 1. The monoisotopic (exact) mass is 288 g/mol. The van der Waals surface area contributed by atoms with Crippen LogP contribution in [0.25, 0.3) is 11.3 Å². The highest BCUT2D eigenvalue weighted by molar-refractivity contribution is 5.98. The van der Waals surface area contributed by atoms with Crippen molar-refractivity contribution in [2.45, 2.75) is 6.61 Å². The normalized spacial score (nSPS) is 10.1. The lowest BCUT2D eigenvalue weighted by molar-refractivity contribution is 0.0633. The van der Waals surface area contributed by atoms with Gasteiger partial charge in [0.1, 0.15) is 0 Å². The van der Waals surface area contributed by atoms with Gasteiger partial charge >= 0.3 is 12.1 Å². The minimum Gasteiger partial charge on any atom is -0.392 e. The van der Waals surface area contributed by atoms with Gasteiger partial charge in [0, 0.05) is 5.56 Å². The maximum absolute atomic E-state index is 11.6. The van der Waals surface area contributed by atoms with Gasteiger partial charge in [0.05, 0.1) is 18.5 Å². The molecular formula is C13H12N4O4. The van der Waals surface area contributed by atoms with Crippen molar-refractivity contribution in [2.24, 2.45) is 5.73 Å². The predicted molar refractivity (Wildman–Crippen MR) is 72.8 cm³/mol. The quantitative estimate of drug-likeness (QED) is 0.550. The number of ether oxygens (including phenoxy) is 1. The number of aliphatic hydroxyl groups is 1. The van der Waals surface area contributed by atoms with Crippen LogP contribution in [0.2, 0.25) is 0 Å². The number of carbonyl (C=O) groups is 2. The Bertz CT molecular complexity index is 702. The van der Waals surface area contributed by atoms with Crippen LogP contribution in [0.1, 0.15) is 16.1 Å². The summed E-state index contributed by atoms with van der Waals surface area (Å²) in [6, 6.07) is 6.86. The van der Waals surface area contributed by atoms with Gasteiger partial charge in [-0.05, 0) is 11.6 Å². The summed E-state index contributed by atoms with van der Waals surface area (Å²) in [5.74, 6) is -1.25. The standard InChI is InChI=1S/C13H12N4O4/c14-11-10(12(19)21-13(15)20)17-9(5-16-11)8-3-1-2-7(4-8)6-18/h1-5,18H,6H2,(H2,14,16)(H2,15,20). The highest BCUT2D eigenvalue weighted by Crippen LogP contribution is 2.20. The molecule has 0 radical (unpaired) electrons.